The van der Waals surface area contributed by atoms with Crippen molar-refractivity contribution in [3.05, 3.63) is 30.6 Å². The molecule has 1 aliphatic heterocycles. The van der Waals surface area contributed by atoms with Gasteiger partial charge in [-0.15, -0.1) is 5.10 Å². The number of hydrogen-bond donors (Lipinski definition) is 2. The van der Waals surface area contributed by atoms with Crippen molar-refractivity contribution in [1.29, 1.82) is 0 Å². The van der Waals surface area contributed by atoms with Crippen molar-refractivity contribution in [1.82, 2.24) is 34.7 Å². The topological polar surface area (TPSA) is 102 Å². The van der Waals surface area contributed by atoms with E-state index < -0.39 is 0 Å². The predicted molar refractivity (Wildman–Crippen MR) is 117 cm³/mol. The minimum absolute atomic E-state index is 0.241. The second-order valence-electron chi connectivity index (χ2n) is 8.30. The summed E-state index contributed by atoms with van der Waals surface area (Å²) in [4.78, 5) is 7.41. The summed E-state index contributed by atoms with van der Waals surface area (Å²) in [7, 11) is 1.96. The predicted octanol–water partition coefficient (Wildman–Crippen LogP) is 2.34. The van der Waals surface area contributed by atoms with Crippen LogP contribution in [0.3, 0.4) is 0 Å². The normalized spacial score (nSPS) is 19.3. The van der Waals surface area contributed by atoms with Gasteiger partial charge >= 0.3 is 0 Å². The van der Waals surface area contributed by atoms with Crippen molar-refractivity contribution in [3.8, 4) is 17.1 Å². The van der Waals surface area contributed by atoms with Crippen LogP contribution >= 0.6 is 0 Å². The summed E-state index contributed by atoms with van der Waals surface area (Å²) in [6.45, 7) is 4.35. The van der Waals surface area contributed by atoms with Gasteiger partial charge in [0.1, 0.15) is 5.82 Å². The molecule has 10 nitrogen and oxygen atoms in total. The molecule has 0 bridgehead atoms. The van der Waals surface area contributed by atoms with Gasteiger partial charge in [0.2, 0.25) is 0 Å². The van der Waals surface area contributed by atoms with Crippen LogP contribution in [0.2, 0.25) is 0 Å². The van der Waals surface area contributed by atoms with Gasteiger partial charge in [0.25, 0.3) is 0 Å². The minimum atomic E-state index is 0.241. The van der Waals surface area contributed by atoms with Crippen molar-refractivity contribution in [2.24, 2.45) is 7.05 Å². The van der Waals surface area contributed by atoms with Gasteiger partial charge in [0.15, 0.2) is 17.3 Å². The lowest BCUT2D eigenvalue weighted by Gasteiger charge is -2.34. The molecule has 0 aromatic carbocycles. The maximum absolute atomic E-state index is 5.66. The fraction of sp³-hybridized carbons (Fsp3) is 0.429. The van der Waals surface area contributed by atoms with Gasteiger partial charge in [-0.25, -0.2) is 4.98 Å². The molecule has 2 aliphatic rings. The number of aromatic nitrogens is 7. The van der Waals surface area contributed by atoms with Crippen LogP contribution in [0.25, 0.3) is 28.1 Å². The largest absolute Gasteiger partial charge is 0.377 e. The Morgan fingerprint density at radius 3 is 2.84 bits per heavy atom. The van der Waals surface area contributed by atoms with Gasteiger partial charge in [-0.2, -0.15) is 14.9 Å². The average Bonchev–Trinajstić information content (AvgIpc) is 3.15. The van der Waals surface area contributed by atoms with Crippen molar-refractivity contribution in [3.63, 3.8) is 0 Å². The van der Waals surface area contributed by atoms with E-state index in [0.29, 0.717) is 19.3 Å². The molecule has 31 heavy (non-hydrogen) atoms. The van der Waals surface area contributed by atoms with E-state index >= 15 is 0 Å². The molecule has 1 atom stereocenters. The number of hydrogen-bond acceptors (Lipinski definition) is 7. The van der Waals surface area contributed by atoms with Crippen LogP contribution in [-0.4, -0.2) is 66.6 Å². The summed E-state index contributed by atoms with van der Waals surface area (Å²) >= 11 is 0. The molecule has 1 saturated carbocycles. The summed E-state index contributed by atoms with van der Waals surface area (Å²) in [6, 6.07) is 6.81. The highest BCUT2D eigenvalue weighted by Gasteiger charge is 2.29. The Kier molecular flexibility index (Phi) is 4.20. The van der Waals surface area contributed by atoms with E-state index in [4.69, 9.17) is 14.8 Å². The highest BCUT2D eigenvalue weighted by Crippen LogP contribution is 2.38. The highest BCUT2D eigenvalue weighted by atomic mass is 16.5. The lowest BCUT2D eigenvalue weighted by molar-refractivity contribution is 0.0985. The van der Waals surface area contributed by atoms with Crippen LogP contribution in [0.1, 0.15) is 19.8 Å². The first-order chi connectivity index (χ1) is 15.2. The van der Waals surface area contributed by atoms with E-state index in [-0.39, 0.29) is 6.04 Å². The van der Waals surface area contributed by atoms with Crippen LogP contribution in [-0.2, 0) is 11.8 Å². The third-order valence-electron chi connectivity index (χ3n) is 6.02. The molecule has 4 aromatic heterocycles. The fourth-order valence-corrected chi connectivity index (χ4v) is 4.21. The first-order valence-electron chi connectivity index (χ1n) is 10.7. The molecule has 160 valence electrons. The van der Waals surface area contributed by atoms with Crippen LogP contribution in [0, 0.1) is 0 Å². The zero-order chi connectivity index (χ0) is 20.9. The number of nitrogens with one attached hydrogen (secondary N) is 2. The van der Waals surface area contributed by atoms with Gasteiger partial charge in [0, 0.05) is 37.5 Å². The quantitative estimate of drug-likeness (QED) is 0.512. The number of morpholine rings is 1. The molecule has 6 rings (SSSR count). The highest BCUT2D eigenvalue weighted by molar-refractivity contribution is 6.02. The molecule has 0 radical (unpaired) electrons. The third-order valence-corrected chi connectivity index (χ3v) is 6.02. The Labute approximate surface area is 179 Å². The van der Waals surface area contributed by atoms with Gasteiger partial charge < -0.3 is 15.0 Å². The first kappa shape index (κ1) is 18.4. The second-order valence-corrected chi connectivity index (χ2v) is 8.30. The van der Waals surface area contributed by atoms with Crippen molar-refractivity contribution < 1.29 is 4.74 Å². The average molecular weight is 419 g/mol. The Hall–Kier alpha value is -3.40. The van der Waals surface area contributed by atoms with Crippen LogP contribution in [0.4, 0.5) is 11.6 Å². The molecule has 2 N–H and O–H groups in total. The van der Waals surface area contributed by atoms with Crippen molar-refractivity contribution >= 4 is 22.7 Å². The summed E-state index contributed by atoms with van der Waals surface area (Å²) in [5, 5.41) is 21.1. The number of nitrogens with zero attached hydrogens (tertiary/aromatic N) is 7. The number of fused-ring (bicyclic) bond motifs is 1. The SMILES string of the molecule is C[C@@H]1COCCN1c1cc(-c2ccnn2C)c2c(NC3CC3)nn(-c3ccn[nH]3)c2n1. The molecule has 10 heteroatoms. The smallest absolute Gasteiger partial charge is 0.169 e. The van der Waals surface area contributed by atoms with E-state index in [1.54, 1.807) is 6.20 Å². The number of pyridine rings is 1. The first-order valence-corrected chi connectivity index (χ1v) is 10.7. The van der Waals surface area contributed by atoms with Crippen LogP contribution in [0.5, 0.6) is 0 Å². The molecule has 2 fully saturated rings. The van der Waals surface area contributed by atoms with Crippen LogP contribution < -0.4 is 10.2 Å². The molecule has 1 aliphatic carbocycles. The molecular formula is C21H25N9O. The summed E-state index contributed by atoms with van der Waals surface area (Å²) in [5.41, 5.74) is 2.88. The Balaban J connectivity index is 1.63. The number of rotatable bonds is 5. The Bertz CT molecular complexity index is 1220. The maximum Gasteiger partial charge on any atom is 0.169 e. The molecule has 0 amide bonds. The monoisotopic (exact) mass is 419 g/mol. The van der Waals surface area contributed by atoms with Crippen LogP contribution in [0.15, 0.2) is 30.6 Å². The van der Waals surface area contributed by atoms with Crippen molar-refractivity contribution in [2.75, 3.05) is 30.0 Å². The summed E-state index contributed by atoms with van der Waals surface area (Å²) in [6.07, 6.45) is 5.88. The van der Waals surface area contributed by atoms with E-state index in [2.05, 4.69) is 38.5 Å². The molecule has 1 saturated heterocycles. The van der Waals surface area contributed by atoms with E-state index in [0.717, 1.165) is 59.1 Å². The molecule has 0 unspecified atom stereocenters. The second kappa shape index (κ2) is 7.09. The Morgan fingerprint density at radius 1 is 1.23 bits per heavy atom. The minimum Gasteiger partial charge on any atom is -0.377 e. The Morgan fingerprint density at radius 2 is 2.13 bits per heavy atom. The lowest BCUT2D eigenvalue weighted by Crippen LogP contribution is -2.44. The standard InChI is InChI=1S/C21H25N9O/c1-13-12-31-10-9-29(13)18-11-15(16-5-8-23-28(16)2)19-20(24-14-3-4-14)27-30(21(19)25-18)17-6-7-22-26-17/h5-8,11,13-14H,3-4,9-10,12H2,1-2H3,(H,22,26)(H,24,27)/t13-/m1/s1. The number of anilines is 2. The summed E-state index contributed by atoms with van der Waals surface area (Å²) < 4.78 is 9.40. The third kappa shape index (κ3) is 3.14. The van der Waals surface area contributed by atoms with E-state index in [1.165, 1.54) is 0 Å². The molecule has 4 aromatic rings. The van der Waals surface area contributed by atoms with Gasteiger partial charge in [-0.3, -0.25) is 9.78 Å². The number of ether oxygens (including phenoxy) is 1. The zero-order valence-corrected chi connectivity index (χ0v) is 17.6. The molecule has 0 spiro atoms. The van der Waals surface area contributed by atoms with Gasteiger partial charge in [-0.1, -0.05) is 0 Å². The number of aromatic amines is 1. The molecular weight excluding hydrogens is 394 g/mol. The number of H-pyrrole nitrogens is 1. The van der Waals surface area contributed by atoms with E-state index in [9.17, 15) is 0 Å². The van der Waals surface area contributed by atoms with Crippen molar-refractivity contribution in [2.45, 2.75) is 31.8 Å². The lowest BCUT2D eigenvalue weighted by atomic mass is 10.1. The summed E-state index contributed by atoms with van der Waals surface area (Å²) in [5.74, 6) is 2.54. The molecule has 5 heterocycles. The van der Waals surface area contributed by atoms with Gasteiger partial charge in [0.05, 0.1) is 36.5 Å². The number of aryl methyl sites for hydroxylation is 1. The maximum atomic E-state index is 5.66. The van der Waals surface area contributed by atoms with E-state index in [1.807, 2.05) is 34.7 Å². The fourth-order valence-electron chi connectivity index (χ4n) is 4.21. The zero-order valence-electron chi connectivity index (χ0n) is 17.6. The van der Waals surface area contributed by atoms with Gasteiger partial charge in [-0.05, 0) is 31.9 Å².